The number of fused-ring (bicyclic) bond motifs is 7. The molecule has 0 aliphatic heterocycles. The zero-order valence-corrected chi connectivity index (χ0v) is 11.3. The quantitative estimate of drug-likeness (QED) is 0.394. The fraction of sp³-hybridized carbons (Fsp3) is 0. The van der Waals surface area contributed by atoms with Crippen molar-refractivity contribution in [3.8, 4) is 0 Å². The van der Waals surface area contributed by atoms with Crippen molar-refractivity contribution in [3.63, 3.8) is 0 Å². The van der Waals surface area contributed by atoms with Gasteiger partial charge < -0.3 is 0 Å². The molecule has 0 spiro atoms. The number of nitrogens with zero attached hydrogens (tertiary/aromatic N) is 2. The van der Waals surface area contributed by atoms with Gasteiger partial charge in [-0.3, -0.25) is 4.40 Å². The lowest BCUT2D eigenvalue weighted by atomic mass is 10.1. The first-order chi connectivity index (χ1) is 10.4. The lowest BCUT2D eigenvalue weighted by Crippen LogP contribution is -1.85. The summed E-state index contributed by atoms with van der Waals surface area (Å²) in [6, 6.07) is 23.3. The first-order valence-corrected chi connectivity index (χ1v) is 7.09. The Bertz CT molecular complexity index is 1050. The van der Waals surface area contributed by atoms with Crippen LogP contribution in [0.5, 0.6) is 0 Å². The topological polar surface area (TPSA) is 17.3 Å². The van der Waals surface area contributed by atoms with Crippen LogP contribution in [0.25, 0.3) is 38.2 Å². The van der Waals surface area contributed by atoms with Crippen LogP contribution < -0.4 is 0 Å². The standard InChI is InChI=1S/C19H12N2/c1-3-7-15-13(5-1)9-10-17-18(15)20-19-16-8-4-2-6-14(16)11-12-21(17)19/h1-12H. The fourth-order valence-electron chi connectivity index (χ4n) is 3.17. The van der Waals surface area contributed by atoms with Gasteiger partial charge in [0, 0.05) is 17.0 Å². The lowest BCUT2D eigenvalue weighted by molar-refractivity contribution is 1.25. The predicted octanol–water partition coefficient (Wildman–Crippen LogP) is 4.79. The average Bonchev–Trinajstić information content (AvgIpc) is 2.94. The molecule has 0 bridgehead atoms. The number of imidazole rings is 1. The van der Waals surface area contributed by atoms with Gasteiger partial charge in [0.15, 0.2) is 0 Å². The van der Waals surface area contributed by atoms with E-state index in [0.717, 1.165) is 16.7 Å². The highest BCUT2D eigenvalue weighted by Crippen LogP contribution is 2.28. The van der Waals surface area contributed by atoms with Crippen molar-refractivity contribution in [1.29, 1.82) is 0 Å². The number of hydrogen-bond donors (Lipinski definition) is 0. The molecule has 0 atom stereocenters. The third-order valence-electron chi connectivity index (χ3n) is 4.19. The third kappa shape index (κ3) is 1.39. The van der Waals surface area contributed by atoms with Crippen LogP contribution in [0.2, 0.25) is 0 Å². The Morgan fingerprint density at radius 1 is 0.667 bits per heavy atom. The lowest BCUT2D eigenvalue weighted by Gasteiger charge is -2.01. The Morgan fingerprint density at radius 3 is 2.24 bits per heavy atom. The van der Waals surface area contributed by atoms with E-state index in [-0.39, 0.29) is 0 Å². The van der Waals surface area contributed by atoms with Gasteiger partial charge in [-0.15, -0.1) is 0 Å². The van der Waals surface area contributed by atoms with Crippen LogP contribution in [0.3, 0.4) is 0 Å². The maximum absolute atomic E-state index is 4.93. The Morgan fingerprint density at radius 2 is 1.38 bits per heavy atom. The average molecular weight is 268 g/mol. The molecule has 21 heavy (non-hydrogen) atoms. The summed E-state index contributed by atoms with van der Waals surface area (Å²) in [4.78, 5) is 4.93. The van der Waals surface area contributed by atoms with Crippen LogP contribution in [0.4, 0.5) is 0 Å². The third-order valence-corrected chi connectivity index (χ3v) is 4.19. The highest BCUT2D eigenvalue weighted by molar-refractivity contribution is 6.08. The molecule has 0 aliphatic carbocycles. The van der Waals surface area contributed by atoms with E-state index in [4.69, 9.17) is 4.98 Å². The van der Waals surface area contributed by atoms with Gasteiger partial charge in [-0.2, -0.15) is 0 Å². The number of pyridine rings is 1. The second-order valence-electron chi connectivity index (χ2n) is 5.36. The predicted molar refractivity (Wildman–Crippen MR) is 87.7 cm³/mol. The highest BCUT2D eigenvalue weighted by atomic mass is 15.0. The van der Waals surface area contributed by atoms with Crippen molar-refractivity contribution in [2.45, 2.75) is 0 Å². The molecule has 5 rings (SSSR count). The summed E-state index contributed by atoms with van der Waals surface area (Å²) in [6.45, 7) is 0. The smallest absolute Gasteiger partial charge is 0.145 e. The molecular weight excluding hydrogens is 256 g/mol. The number of aromatic nitrogens is 2. The summed E-state index contributed by atoms with van der Waals surface area (Å²) in [7, 11) is 0. The normalized spacial score (nSPS) is 11.8. The van der Waals surface area contributed by atoms with Crippen molar-refractivity contribution >= 4 is 38.2 Å². The first kappa shape index (κ1) is 10.9. The second-order valence-corrected chi connectivity index (χ2v) is 5.36. The van der Waals surface area contributed by atoms with E-state index < -0.39 is 0 Å². The second kappa shape index (κ2) is 3.83. The molecule has 0 saturated carbocycles. The minimum Gasteiger partial charge on any atom is -0.299 e. The molecule has 0 unspecified atom stereocenters. The van der Waals surface area contributed by atoms with E-state index in [1.807, 2.05) is 0 Å². The molecule has 3 aromatic carbocycles. The Balaban J connectivity index is 2.09. The van der Waals surface area contributed by atoms with Crippen molar-refractivity contribution in [2.24, 2.45) is 0 Å². The molecule has 2 heterocycles. The Kier molecular flexibility index (Phi) is 1.98. The maximum Gasteiger partial charge on any atom is 0.145 e. The molecule has 2 nitrogen and oxygen atoms in total. The summed E-state index contributed by atoms with van der Waals surface area (Å²) in [5, 5.41) is 4.87. The molecular formula is C19H12N2. The Labute approximate surface area is 121 Å². The van der Waals surface area contributed by atoms with Crippen LogP contribution in [0.15, 0.2) is 72.9 Å². The first-order valence-electron chi connectivity index (χ1n) is 7.09. The van der Waals surface area contributed by atoms with Gasteiger partial charge in [-0.25, -0.2) is 4.98 Å². The molecule has 0 N–H and O–H groups in total. The number of benzene rings is 3. The zero-order valence-electron chi connectivity index (χ0n) is 11.3. The fourth-order valence-corrected chi connectivity index (χ4v) is 3.17. The maximum atomic E-state index is 4.93. The zero-order chi connectivity index (χ0) is 13.8. The molecule has 0 amide bonds. The van der Waals surface area contributed by atoms with E-state index in [2.05, 4.69) is 77.3 Å². The summed E-state index contributed by atoms with van der Waals surface area (Å²) in [5.41, 5.74) is 3.26. The van der Waals surface area contributed by atoms with Gasteiger partial charge in [0.1, 0.15) is 5.65 Å². The van der Waals surface area contributed by atoms with Crippen LogP contribution in [-0.2, 0) is 0 Å². The van der Waals surface area contributed by atoms with Crippen molar-refractivity contribution < 1.29 is 0 Å². The van der Waals surface area contributed by atoms with Crippen LogP contribution in [0, 0.1) is 0 Å². The van der Waals surface area contributed by atoms with Crippen molar-refractivity contribution in [3.05, 3.63) is 72.9 Å². The van der Waals surface area contributed by atoms with E-state index in [9.17, 15) is 0 Å². The summed E-state index contributed by atoms with van der Waals surface area (Å²) < 4.78 is 2.18. The van der Waals surface area contributed by atoms with Gasteiger partial charge >= 0.3 is 0 Å². The van der Waals surface area contributed by atoms with Crippen LogP contribution >= 0.6 is 0 Å². The molecule has 0 fully saturated rings. The van der Waals surface area contributed by atoms with E-state index in [1.165, 1.54) is 21.5 Å². The largest absolute Gasteiger partial charge is 0.299 e. The van der Waals surface area contributed by atoms with E-state index in [1.54, 1.807) is 0 Å². The highest BCUT2D eigenvalue weighted by Gasteiger charge is 2.09. The summed E-state index contributed by atoms with van der Waals surface area (Å²) >= 11 is 0. The van der Waals surface area contributed by atoms with Gasteiger partial charge in [-0.1, -0.05) is 54.6 Å². The van der Waals surface area contributed by atoms with Gasteiger partial charge in [0.05, 0.1) is 11.0 Å². The SMILES string of the molecule is c1ccc2c(c1)ccc1c2nc2c3ccccc3ccn12. The number of hydrogen-bond acceptors (Lipinski definition) is 1. The molecule has 5 aromatic rings. The van der Waals surface area contributed by atoms with Gasteiger partial charge in [0.25, 0.3) is 0 Å². The van der Waals surface area contributed by atoms with E-state index in [0.29, 0.717) is 0 Å². The van der Waals surface area contributed by atoms with Gasteiger partial charge in [0.2, 0.25) is 0 Å². The monoisotopic (exact) mass is 268 g/mol. The van der Waals surface area contributed by atoms with Crippen LogP contribution in [-0.4, -0.2) is 9.38 Å². The van der Waals surface area contributed by atoms with Crippen molar-refractivity contribution in [2.75, 3.05) is 0 Å². The molecule has 0 saturated heterocycles. The minimum absolute atomic E-state index is 1.03. The molecule has 2 heteroatoms. The van der Waals surface area contributed by atoms with Gasteiger partial charge in [-0.05, 0) is 22.9 Å². The number of rotatable bonds is 0. The molecule has 0 radical (unpaired) electrons. The molecule has 98 valence electrons. The summed E-state index contributed by atoms with van der Waals surface area (Å²) in [6.07, 6.45) is 2.11. The van der Waals surface area contributed by atoms with E-state index >= 15 is 0 Å². The Hall–Kier alpha value is -2.87. The van der Waals surface area contributed by atoms with Crippen LogP contribution in [0.1, 0.15) is 0 Å². The van der Waals surface area contributed by atoms with Crippen molar-refractivity contribution in [1.82, 2.24) is 9.38 Å². The molecule has 2 aromatic heterocycles. The minimum atomic E-state index is 1.03. The summed E-state index contributed by atoms with van der Waals surface area (Å²) in [5.74, 6) is 0. The molecule has 0 aliphatic rings.